The van der Waals surface area contributed by atoms with Crippen LogP contribution in [0.15, 0.2) is 42.5 Å². The fourth-order valence-electron chi connectivity index (χ4n) is 3.23. The van der Waals surface area contributed by atoms with Crippen LogP contribution in [0.4, 0.5) is 0 Å². The summed E-state index contributed by atoms with van der Waals surface area (Å²) < 4.78 is 8.12. The number of aryl methyl sites for hydroxylation is 3. The molecule has 0 bridgehead atoms. The van der Waals surface area contributed by atoms with Gasteiger partial charge >= 0.3 is 0 Å². The molecule has 0 saturated carbocycles. The van der Waals surface area contributed by atoms with E-state index in [4.69, 9.17) is 4.74 Å². The number of rotatable bonds is 8. The number of fused-ring (bicyclic) bond motifs is 1. The Labute approximate surface area is 160 Å². The molecule has 1 heterocycles. The fourth-order valence-corrected chi connectivity index (χ4v) is 3.23. The first-order valence-corrected chi connectivity index (χ1v) is 9.43. The number of hydrogen-bond acceptors (Lipinski definition) is 3. The number of nitrogens with one attached hydrogen (secondary N) is 1. The molecule has 5 heteroatoms. The second kappa shape index (κ2) is 8.71. The van der Waals surface area contributed by atoms with Gasteiger partial charge in [0.15, 0.2) is 0 Å². The zero-order chi connectivity index (χ0) is 19.2. The third-order valence-electron chi connectivity index (χ3n) is 4.59. The lowest BCUT2D eigenvalue weighted by Gasteiger charge is -2.11. The molecule has 3 rings (SSSR count). The SMILES string of the molecule is CC(=O)NCc1nc2ccccc2n1CCCCOc1ccc(C)cc1C. The minimum atomic E-state index is -0.0459. The van der Waals surface area contributed by atoms with Gasteiger partial charge in [0, 0.05) is 13.5 Å². The molecular weight excluding hydrogens is 338 g/mol. The van der Waals surface area contributed by atoms with Gasteiger partial charge in [-0.15, -0.1) is 0 Å². The maximum absolute atomic E-state index is 11.3. The van der Waals surface area contributed by atoms with E-state index < -0.39 is 0 Å². The minimum absolute atomic E-state index is 0.0459. The molecule has 0 aliphatic carbocycles. The van der Waals surface area contributed by atoms with Crippen LogP contribution in [-0.4, -0.2) is 22.1 Å². The van der Waals surface area contributed by atoms with Gasteiger partial charge in [0.1, 0.15) is 11.6 Å². The van der Waals surface area contributed by atoms with Gasteiger partial charge in [0.05, 0.1) is 24.2 Å². The number of ether oxygens (including phenoxy) is 1. The number of unbranched alkanes of at least 4 members (excludes halogenated alkanes) is 1. The predicted octanol–water partition coefficient (Wildman–Crippen LogP) is 4.15. The largest absolute Gasteiger partial charge is 0.493 e. The normalized spacial score (nSPS) is 10.9. The summed E-state index contributed by atoms with van der Waals surface area (Å²) in [5.41, 5.74) is 4.49. The highest BCUT2D eigenvalue weighted by Gasteiger charge is 2.10. The van der Waals surface area contributed by atoms with Gasteiger partial charge in [-0.2, -0.15) is 0 Å². The van der Waals surface area contributed by atoms with Crippen LogP contribution in [0, 0.1) is 13.8 Å². The van der Waals surface area contributed by atoms with Crippen molar-refractivity contribution >= 4 is 16.9 Å². The van der Waals surface area contributed by atoms with Crippen LogP contribution in [0.2, 0.25) is 0 Å². The van der Waals surface area contributed by atoms with Crippen molar-refractivity contribution in [2.75, 3.05) is 6.61 Å². The van der Waals surface area contributed by atoms with Crippen molar-refractivity contribution < 1.29 is 9.53 Å². The van der Waals surface area contributed by atoms with Gasteiger partial charge in [0.25, 0.3) is 0 Å². The number of aromatic nitrogens is 2. The molecule has 0 spiro atoms. The number of amides is 1. The molecule has 0 unspecified atom stereocenters. The second-order valence-electron chi connectivity index (χ2n) is 6.90. The van der Waals surface area contributed by atoms with E-state index in [0.29, 0.717) is 13.2 Å². The topological polar surface area (TPSA) is 56.2 Å². The highest BCUT2D eigenvalue weighted by Crippen LogP contribution is 2.20. The lowest BCUT2D eigenvalue weighted by atomic mass is 10.1. The van der Waals surface area contributed by atoms with Crippen LogP contribution in [0.3, 0.4) is 0 Å². The van der Waals surface area contributed by atoms with Crippen molar-refractivity contribution in [1.82, 2.24) is 14.9 Å². The van der Waals surface area contributed by atoms with E-state index >= 15 is 0 Å². The first-order chi connectivity index (χ1) is 13.0. The van der Waals surface area contributed by atoms with E-state index in [-0.39, 0.29) is 5.91 Å². The summed E-state index contributed by atoms with van der Waals surface area (Å²) in [6.07, 6.45) is 1.94. The fraction of sp³-hybridized carbons (Fsp3) is 0.364. The quantitative estimate of drug-likeness (QED) is 0.610. The van der Waals surface area contributed by atoms with Crippen molar-refractivity contribution in [3.8, 4) is 5.75 Å². The lowest BCUT2D eigenvalue weighted by Crippen LogP contribution is -2.21. The summed E-state index contributed by atoms with van der Waals surface area (Å²) in [6, 6.07) is 14.3. The van der Waals surface area contributed by atoms with E-state index in [1.54, 1.807) is 0 Å². The zero-order valence-electron chi connectivity index (χ0n) is 16.3. The number of hydrogen-bond donors (Lipinski definition) is 1. The Morgan fingerprint density at radius 3 is 2.74 bits per heavy atom. The zero-order valence-corrected chi connectivity index (χ0v) is 16.3. The maximum Gasteiger partial charge on any atom is 0.217 e. The number of nitrogens with zero attached hydrogens (tertiary/aromatic N) is 2. The van der Waals surface area contributed by atoms with Crippen molar-refractivity contribution in [3.05, 3.63) is 59.4 Å². The van der Waals surface area contributed by atoms with Gasteiger partial charge in [0.2, 0.25) is 5.91 Å². The van der Waals surface area contributed by atoms with Crippen LogP contribution >= 0.6 is 0 Å². The summed E-state index contributed by atoms with van der Waals surface area (Å²) in [5.74, 6) is 1.80. The third kappa shape index (κ3) is 4.88. The Balaban J connectivity index is 1.59. The Kier molecular flexibility index (Phi) is 6.12. The standard InChI is InChI=1S/C22H27N3O2/c1-16-10-11-21(17(2)14-16)27-13-7-6-12-25-20-9-5-4-8-19(20)24-22(25)15-23-18(3)26/h4-5,8-11,14H,6-7,12-13,15H2,1-3H3,(H,23,26). The average Bonchev–Trinajstić information content (AvgIpc) is 2.99. The molecule has 0 atom stereocenters. The van der Waals surface area contributed by atoms with Crippen LogP contribution in [0.25, 0.3) is 11.0 Å². The summed E-state index contributed by atoms with van der Waals surface area (Å²) in [6.45, 7) is 7.68. The summed E-state index contributed by atoms with van der Waals surface area (Å²) >= 11 is 0. The van der Waals surface area contributed by atoms with E-state index in [2.05, 4.69) is 46.9 Å². The molecule has 0 radical (unpaired) electrons. The first kappa shape index (κ1) is 19.0. The third-order valence-corrected chi connectivity index (χ3v) is 4.59. The van der Waals surface area contributed by atoms with Crippen molar-refractivity contribution in [2.45, 2.75) is 46.7 Å². The molecule has 3 aromatic rings. The van der Waals surface area contributed by atoms with E-state index in [1.807, 2.05) is 24.3 Å². The molecule has 0 fully saturated rings. The molecule has 0 saturated heterocycles. The summed E-state index contributed by atoms with van der Waals surface area (Å²) in [7, 11) is 0. The van der Waals surface area contributed by atoms with Crippen LogP contribution in [-0.2, 0) is 17.9 Å². The van der Waals surface area contributed by atoms with Gasteiger partial charge in [-0.25, -0.2) is 4.98 Å². The molecule has 2 aromatic carbocycles. The summed E-state index contributed by atoms with van der Waals surface area (Å²) in [4.78, 5) is 15.9. The highest BCUT2D eigenvalue weighted by atomic mass is 16.5. The van der Waals surface area contributed by atoms with Crippen molar-refractivity contribution in [3.63, 3.8) is 0 Å². The predicted molar refractivity (Wildman–Crippen MR) is 108 cm³/mol. The maximum atomic E-state index is 11.3. The molecule has 1 N–H and O–H groups in total. The van der Waals surface area contributed by atoms with Crippen LogP contribution < -0.4 is 10.1 Å². The van der Waals surface area contributed by atoms with Gasteiger partial charge in [-0.05, 0) is 50.5 Å². The smallest absolute Gasteiger partial charge is 0.217 e. The van der Waals surface area contributed by atoms with E-state index in [0.717, 1.165) is 42.0 Å². The Morgan fingerprint density at radius 1 is 1.15 bits per heavy atom. The summed E-state index contributed by atoms with van der Waals surface area (Å²) in [5, 5.41) is 2.85. The molecule has 27 heavy (non-hydrogen) atoms. The van der Waals surface area contributed by atoms with Gasteiger partial charge in [-0.1, -0.05) is 29.8 Å². The lowest BCUT2D eigenvalue weighted by molar-refractivity contribution is -0.119. The van der Waals surface area contributed by atoms with Crippen molar-refractivity contribution in [1.29, 1.82) is 0 Å². The molecule has 0 aliphatic rings. The number of benzene rings is 2. The molecule has 142 valence electrons. The highest BCUT2D eigenvalue weighted by molar-refractivity contribution is 5.76. The molecular formula is C22H27N3O2. The minimum Gasteiger partial charge on any atom is -0.493 e. The van der Waals surface area contributed by atoms with Gasteiger partial charge in [-0.3, -0.25) is 4.79 Å². The number of carbonyl (C=O) groups is 1. The van der Waals surface area contributed by atoms with Crippen molar-refractivity contribution in [2.24, 2.45) is 0 Å². The Bertz CT molecular complexity index is 930. The molecule has 1 amide bonds. The Hall–Kier alpha value is -2.82. The van der Waals surface area contributed by atoms with Crippen LogP contribution in [0.1, 0.15) is 36.7 Å². The number of para-hydroxylation sites is 2. The monoisotopic (exact) mass is 365 g/mol. The van der Waals surface area contributed by atoms with Gasteiger partial charge < -0.3 is 14.6 Å². The first-order valence-electron chi connectivity index (χ1n) is 9.43. The Morgan fingerprint density at radius 2 is 1.96 bits per heavy atom. The molecule has 0 aliphatic heterocycles. The average molecular weight is 365 g/mol. The molecule has 5 nitrogen and oxygen atoms in total. The van der Waals surface area contributed by atoms with E-state index in [9.17, 15) is 4.79 Å². The van der Waals surface area contributed by atoms with E-state index in [1.165, 1.54) is 18.1 Å². The number of imidazole rings is 1. The molecule has 1 aromatic heterocycles. The number of carbonyl (C=O) groups excluding carboxylic acids is 1. The van der Waals surface area contributed by atoms with Crippen LogP contribution in [0.5, 0.6) is 5.75 Å². The second-order valence-corrected chi connectivity index (χ2v) is 6.90.